The van der Waals surface area contributed by atoms with E-state index in [0.717, 1.165) is 22.6 Å². The molecule has 8 heteroatoms. The first-order chi connectivity index (χ1) is 13.3. The van der Waals surface area contributed by atoms with Gasteiger partial charge in [0, 0.05) is 28.2 Å². The summed E-state index contributed by atoms with van der Waals surface area (Å²) in [7, 11) is 0. The van der Waals surface area contributed by atoms with Gasteiger partial charge in [-0.2, -0.15) is 5.10 Å². The minimum atomic E-state index is -0.381. The Morgan fingerprint density at radius 2 is 1.57 bits per heavy atom. The zero-order chi connectivity index (χ0) is 20.4. The lowest BCUT2D eigenvalue weighted by molar-refractivity contribution is 0.0955. The second-order valence-corrected chi connectivity index (χ2v) is 7.72. The normalized spacial score (nSPS) is 11.2. The van der Waals surface area contributed by atoms with Gasteiger partial charge in [-0.15, -0.1) is 0 Å². The molecule has 1 amide bonds. The summed E-state index contributed by atoms with van der Waals surface area (Å²) in [5, 5.41) is 5.73. The van der Waals surface area contributed by atoms with Gasteiger partial charge in [-0.25, -0.2) is 5.43 Å². The number of hydrogen-bond acceptors (Lipinski definition) is 2. The fraction of sp³-hybridized carbons (Fsp3) is 0.100. The second-order valence-electron chi connectivity index (χ2n) is 6.09. The molecule has 0 aliphatic rings. The summed E-state index contributed by atoms with van der Waals surface area (Å²) in [4.78, 5) is 12.2. The molecule has 3 aromatic rings. The Kier molecular flexibility index (Phi) is 6.36. The maximum absolute atomic E-state index is 12.2. The standard InChI is InChI=1S/C20H15Cl4N3O/c1-11-7-14(12(2)27(11)15-4-6-17(22)19(24)9-15)10-25-26-20(28)13-3-5-16(21)18(23)8-13/h3-10H,1-2H3,(H,26,28)/b25-10-. The van der Waals surface area contributed by atoms with E-state index in [1.165, 1.54) is 6.07 Å². The lowest BCUT2D eigenvalue weighted by atomic mass is 10.2. The molecule has 1 N–H and O–H groups in total. The molecule has 0 bridgehead atoms. The van der Waals surface area contributed by atoms with Crippen molar-refractivity contribution in [3.05, 3.63) is 85.1 Å². The van der Waals surface area contributed by atoms with Gasteiger partial charge < -0.3 is 4.57 Å². The van der Waals surface area contributed by atoms with Crippen LogP contribution < -0.4 is 5.43 Å². The Bertz CT molecular complexity index is 1090. The molecule has 144 valence electrons. The molecule has 1 aromatic heterocycles. The van der Waals surface area contributed by atoms with Gasteiger partial charge in [0.1, 0.15) is 0 Å². The van der Waals surface area contributed by atoms with Gasteiger partial charge in [-0.3, -0.25) is 4.79 Å². The van der Waals surface area contributed by atoms with Crippen LogP contribution in [0, 0.1) is 13.8 Å². The van der Waals surface area contributed by atoms with Crippen molar-refractivity contribution in [1.29, 1.82) is 0 Å². The van der Waals surface area contributed by atoms with E-state index >= 15 is 0 Å². The summed E-state index contributed by atoms with van der Waals surface area (Å²) in [5.41, 5.74) is 6.55. The van der Waals surface area contributed by atoms with Gasteiger partial charge >= 0.3 is 0 Å². The average molecular weight is 455 g/mol. The van der Waals surface area contributed by atoms with E-state index in [9.17, 15) is 4.79 Å². The number of hydrazone groups is 1. The van der Waals surface area contributed by atoms with E-state index in [0.29, 0.717) is 25.7 Å². The molecule has 0 unspecified atom stereocenters. The van der Waals surface area contributed by atoms with Crippen molar-refractivity contribution < 1.29 is 4.79 Å². The largest absolute Gasteiger partial charge is 0.318 e. The number of halogens is 4. The molecular weight excluding hydrogens is 440 g/mol. The van der Waals surface area contributed by atoms with E-state index in [4.69, 9.17) is 46.4 Å². The van der Waals surface area contributed by atoms with Crippen LogP contribution in [0.3, 0.4) is 0 Å². The summed E-state index contributed by atoms with van der Waals surface area (Å²) in [6, 6.07) is 12.0. The summed E-state index contributed by atoms with van der Waals surface area (Å²) in [6.45, 7) is 3.93. The zero-order valence-electron chi connectivity index (χ0n) is 14.9. The predicted octanol–water partition coefficient (Wildman–Crippen LogP) is 6.47. The van der Waals surface area contributed by atoms with Crippen LogP contribution in [0.1, 0.15) is 27.3 Å². The van der Waals surface area contributed by atoms with E-state index in [1.54, 1.807) is 30.5 Å². The van der Waals surface area contributed by atoms with Crippen molar-refractivity contribution in [3.63, 3.8) is 0 Å². The fourth-order valence-electron chi connectivity index (χ4n) is 2.80. The molecule has 0 spiro atoms. The van der Waals surface area contributed by atoms with Crippen LogP contribution in [-0.2, 0) is 0 Å². The Labute approximate surface area is 182 Å². The highest BCUT2D eigenvalue weighted by Gasteiger charge is 2.11. The van der Waals surface area contributed by atoms with Crippen LogP contribution in [0.5, 0.6) is 0 Å². The first kappa shape index (κ1) is 20.7. The number of hydrogen-bond donors (Lipinski definition) is 1. The predicted molar refractivity (Wildman–Crippen MR) is 117 cm³/mol. The van der Waals surface area contributed by atoms with E-state index in [-0.39, 0.29) is 5.91 Å². The maximum atomic E-state index is 12.2. The molecule has 0 fully saturated rings. The number of carbonyl (C=O) groups is 1. The minimum Gasteiger partial charge on any atom is -0.318 e. The number of nitrogens with zero attached hydrogens (tertiary/aromatic N) is 2. The van der Waals surface area contributed by atoms with Crippen LogP contribution >= 0.6 is 46.4 Å². The highest BCUT2D eigenvalue weighted by atomic mass is 35.5. The Hall–Kier alpha value is -1.98. The van der Waals surface area contributed by atoms with Crippen LogP contribution in [0.2, 0.25) is 20.1 Å². The number of carbonyl (C=O) groups excluding carboxylic acids is 1. The minimum absolute atomic E-state index is 0.309. The second kappa shape index (κ2) is 8.58. The molecule has 28 heavy (non-hydrogen) atoms. The number of aryl methyl sites for hydroxylation is 1. The Morgan fingerprint density at radius 3 is 2.21 bits per heavy atom. The van der Waals surface area contributed by atoms with Gasteiger partial charge in [0.15, 0.2) is 0 Å². The van der Waals surface area contributed by atoms with Crippen LogP contribution in [-0.4, -0.2) is 16.7 Å². The summed E-state index contributed by atoms with van der Waals surface area (Å²) in [5.74, 6) is -0.381. The highest BCUT2D eigenvalue weighted by molar-refractivity contribution is 6.42. The molecule has 0 saturated carbocycles. The van der Waals surface area contributed by atoms with Crippen LogP contribution in [0.25, 0.3) is 5.69 Å². The quantitative estimate of drug-likeness (QED) is 0.356. The van der Waals surface area contributed by atoms with Crippen molar-refractivity contribution in [2.24, 2.45) is 5.10 Å². The van der Waals surface area contributed by atoms with E-state index in [2.05, 4.69) is 10.5 Å². The molecule has 0 aliphatic carbocycles. The molecule has 0 saturated heterocycles. The lowest BCUT2D eigenvalue weighted by Gasteiger charge is -2.10. The van der Waals surface area contributed by atoms with Crippen molar-refractivity contribution >= 4 is 58.5 Å². The fourth-order valence-corrected chi connectivity index (χ4v) is 3.39. The maximum Gasteiger partial charge on any atom is 0.271 e. The topological polar surface area (TPSA) is 46.4 Å². The third-order valence-corrected chi connectivity index (χ3v) is 5.66. The van der Waals surface area contributed by atoms with Crippen molar-refractivity contribution in [3.8, 4) is 5.69 Å². The molecule has 2 aromatic carbocycles. The van der Waals surface area contributed by atoms with Gasteiger partial charge in [-0.1, -0.05) is 46.4 Å². The first-order valence-corrected chi connectivity index (χ1v) is 9.72. The SMILES string of the molecule is Cc1cc(/C=N\NC(=O)c2ccc(Cl)c(Cl)c2)c(C)n1-c1ccc(Cl)c(Cl)c1. The summed E-state index contributed by atoms with van der Waals surface area (Å²) in [6.07, 6.45) is 1.59. The van der Waals surface area contributed by atoms with Crippen molar-refractivity contribution in [2.75, 3.05) is 0 Å². The molecule has 0 radical (unpaired) electrons. The monoisotopic (exact) mass is 453 g/mol. The number of nitrogens with one attached hydrogen (secondary N) is 1. The van der Waals surface area contributed by atoms with Gasteiger partial charge in [0.25, 0.3) is 5.91 Å². The molecule has 3 rings (SSSR count). The molecular formula is C20H15Cl4N3O. The Balaban J connectivity index is 1.80. The number of aromatic nitrogens is 1. The van der Waals surface area contributed by atoms with Crippen LogP contribution in [0.15, 0.2) is 47.6 Å². The first-order valence-electron chi connectivity index (χ1n) is 8.20. The van der Waals surface area contributed by atoms with E-state index < -0.39 is 0 Å². The van der Waals surface area contributed by atoms with Crippen molar-refractivity contribution in [1.82, 2.24) is 9.99 Å². The third-order valence-electron chi connectivity index (χ3n) is 4.18. The molecule has 4 nitrogen and oxygen atoms in total. The smallest absolute Gasteiger partial charge is 0.271 e. The van der Waals surface area contributed by atoms with E-state index in [1.807, 2.05) is 30.5 Å². The highest BCUT2D eigenvalue weighted by Crippen LogP contribution is 2.27. The van der Waals surface area contributed by atoms with Gasteiger partial charge in [0.2, 0.25) is 0 Å². The molecule has 0 aliphatic heterocycles. The average Bonchev–Trinajstić information content (AvgIpc) is 2.93. The number of rotatable bonds is 4. The number of amides is 1. The van der Waals surface area contributed by atoms with Crippen molar-refractivity contribution in [2.45, 2.75) is 13.8 Å². The van der Waals surface area contributed by atoms with Crippen LogP contribution in [0.4, 0.5) is 0 Å². The molecule has 1 heterocycles. The summed E-state index contributed by atoms with van der Waals surface area (Å²) < 4.78 is 2.03. The number of benzene rings is 2. The third kappa shape index (κ3) is 4.36. The lowest BCUT2D eigenvalue weighted by Crippen LogP contribution is -2.17. The summed E-state index contributed by atoms with van der Waals surface area (Å²) >= 11 is 23.9. The molecule has 0 atom stereocenters. The zero-order valence-corrected chi connectivity index (χ0v) is 18.0. The Morgan fingerprint density at radius 1 is 0.929 bits per heavy atom. The van der Waals surface area contributed by atoms with Gasteiger partial charge in [-0.05, 0) is 56.3 Å². The van der Waals surface area contributed by atoms with Gasteiger partial charge in [0.05, 0.1) is 26.3 Å².